The lowest BCUT2D eigenvalue weighted by atomic mass is 10.1. The largest absolute Gasteiger partial charge is 0.479 e. The number of ether oxygens (including phenoxy) is 1. The fourth-order valence-electron chi connectivity index (χ4n) is 2.76. The minimum absolute atomic E-state index is 0.218. The number of carbonyl (C=O) groups excluding carboxylic acids is 2. The van der Waals surface area contributed by atoms with E-state index in [4.69, 9.17) is 4.74 Å². The number of nitrogens with one attached hydrogen (secondary N) is 2. The zero-order valence-corrected chi connectivity index (χ0v) is 14.0. The van der Waals surface area contributed by atoms with Crippen molar-refractivity contribution in [2.75, 3.05) is 10.6 Å². The molecule has 1 atom stereocenters. The van der Waals surface area contributed by atoms with Crippen LogP contribution in [0.4, 0.5) is 11.4 Å². The predicted molar refractivity (Wildman–Crippen MR) is 96.7 cm³/mol. The summed E-state index contributed by atoms with van der Waals surface area (Å²) in [5, 5.41) is 9.80. The molecule has 0 saturated heterocycles. The van der Waals surface area contributed by atoms with Crippen LogP contribution in [-0.4, -0.2) is 27.7 Å². The van der Waals surface area contributed by atoms with Crippen molar-refractivity contribution in [1.29, 1.82) is 0 Å². The summed E-state index contributed by atoms with van der Waals surface area (Å²) in [5.41, 5.74) is 2.26. The van der Waals surface area contributed by atoms with E-state index in [1.807, 2.05) is 12.1 Å². The quantitative estimate of drug-likeness (QED) is 0.762. The van der Waals surface area contributed by atoms with Gasteiger partial charge in [-0.1, -0.05) is 12.1 Å². The fourth-order valence-corrected chi connectivity index (χ4v) is 2.76. The molecule has 0 saturated carbocycles. The van der Waals surface area contributed by atoms with Crippen LogP contribution >= 0.6 is 0 Å². The van der Waals surface area contributed by atoms with E-state index >= 15 is 0 Å². The number of anilines is 2. The lowest BCUT2D eigenvalue weighted by Crippen LogP contribution is -2.34. The van der Waals surface area contributed by atoms with Crippen molar-refractivity contribution in [3.63, 3.8) is 0 Å². The first-order valence-corrected chi connectivity index (χ1v) is 8.14. The SMILES string of the molecule is C[C@H]1Oc2ccc(NC(=O)c3ccccc3-n3cccn3)cc2NC1=O. The van der Waals surface area contributed by atoms with Crippen molar-refractivity contribution in [1.82, 2.24) is 9.78 Å². The van der Waals surface area contributed by atoms with E-state index in [2.05, 4.69) is 15.7 Å². The lowest BCUT2D eigenvalue weighted by molar-refractivity contribution is -0.122. The highest BCUT2D eigenvalue weighted by Crippen LogP contribution is 2.32. The van der Waals surface area contributed by atoms with Crippen LogP contribution in [0.5, 0.6) is 5.75 Å². The highest BCUT2D eigenvalue weighted by Gasteiger charge is 2.24. The number of rotatable bonds is 3. The van der Waals surface area contributed by atoms with Gasteiger partial charge >= 0.3 is 0 Å². The number of benzene rings is 2. The Kier molecular flexibility index (Phi) is 3.89. The minimum Gasteiger partial charge on any atom is -0.479 e. The summed E-state index contributed by atoms with van der Waals surface area (Å²) >= 11 is 0. The van der Waals surface area contributed by atoms with Gasteiger partial charge in [-0.2, -0.15) is 5.10 Å². The fraction of sp³-hybridized carbons (Fsp3) is 0.105. The maximum atomic E-state index is 12.7. The Hall–Kier alpha value is -3.61. The van der Waals surface area contributed by atoms with E-state index < -0.39 is 6.10 Å². The summed E-state index contributed by atoms with van der Waals surface area (Å²) in [6, 6.07) is 14.1. The van der Waals surface area contributed by atoms with Crippen LogP contribution < -0.4 is 15.4 Å². The number of fused-ring (bicyclic) bond motifs is 1. The van der Waals surface area contributed by atoms with Gasteiger partial charge in [-0.3, -0.25) is 9.59 Å². The molecule has 2 amide bonds. The van der Waals surface area contributed by atoms with Gasteiger partial charge in [0, 0.05) is 18.1 Å². The number of aromatic nitrogens is 2. The summed E-state index contributed by atoms with van der Waals surface area (Å²) in [4.78, 5) is 24.5. The van der Waals surface area contributed by atoms with E-state index in [9.17, 15) is 9.59 Å². The molecule has 0 radical (unpaired) electrons. The van der Waals surface area contributed by atoms with Gasteiger partial charge in [-0.15, -0.1) is 0 Å². The molecule has 4 rings (SSSR count). The Morgan fingerprint density at radius 2 is 2.08 bits per heavy atom. The molecular formula is C19H16N4O3. The zero-order valence-electron chi connectivity index (χ0n) is 14.0. The van der Waals surface area contributed by atoms with Gasteiger partial charge in [0.1, 0.15) is 5.75 Å². The molecule has 7 heteroatoms. The average Bonchev–Trinajstić information content (AvgIpc) is 3.17. The highest BCUT2D eigenvalue weighted by atomic mass is 16.5. The van der Waals surface area contributed by atoms with E-state index in [0.717, 1.165) is 0 Å². The maximum Gasteiger partial charge on any atom is 0.265 e. The molecule has 0 unspecified atom stereocenters. The third kappa shape index (κ3) is 2.90. The van der Waals surface area contributed by atoms with Crippen molar-refractivity contribution in [2.24, 2.45) is 0 Å². The van der Waals surface area contributed by atoms with Crippen LogP contribution in [0.3, 0.4) is 0 Å². The monoisotopic (exact) mass is 348 g/mol. The summed E-state index contributed by atoms with van der Waals surface area (Å²) in [7, 11) is 0. The van der Waals surface area contributed by atoms with Gasteiger partial charge in [0.25, 0.3) is 11.8 Å². The second-order valence-electron chi connectivity index (χ2n) is 5.88. The van der Waals surface area contributed by atoms with E-state index in [-0.39, 0.29) is 11.8 Å². The van der Waals surface area contributed by atoms with Gasteiger partial charge in [0.15, 0.2) is 6.10 Å². The molecule has 0 fully saturated rings. The number of amides is 2. The smallest absolute Gasteiger partial charge is 0.265 e. The molecule has 2 heterocycles. The number of hydrogen-bond acceptors (Lipinski definition) is 4. The highest BCUT2D eigenvalue weighted by molar-refractivity contribution is 6.07. The third-order valence-electron chi connectivity index (χ3n) is 4.07. The van der Waals surface area contributed by atoms with Gasteiger partial charge in [-0.05, 0) is 43.3 Å². The Morgan fingerprint density at radius 3 is 2.88 bits per heavy atom. The number of para-hydroxylation sites is 1. The first kappa shape index (κ1) is 15.9. The molecule has 1 aliphatic rings. The summed E-state index contributed by atoms with van der Waals surface area (Å²) in [5.74, 6) is 0.0875. The molecule has 2 aromatic carbocycles. The summed E-state index contributed by atoms with van der Waals surface area (Å²) in [6.45, 7) is 1.68. The average molecular weight is 348 g/mol. The molecule has 1 aromatic heterocycles. The lowest BCUT2D eigenvalue weighted by Gasteiger charge is -2.23. The Balaban J connectivity index is 1.60. The second kappa shape index (κ2) is 6.36. The summed E-state index contributed by atoms with van der Waals surface area (Å²) < 4.78 is 7.16. The predicted octanol–water partition coefficient (Wildman–Crippen LogP) is 2.84. The molecular weight excluding hydrogens is 332 g/mol. The molecule has 0 bridgehead atoms. The van der Waals surface area contributed by atoms with Gasteiger partial charge in [0.05, 0.1) is 16.9 Å². The number of carbonyl (C=O) groups is 2. The van der Waals surface area contributed by atoms with Crippen LogP contribution in [0, 0.1) is 0 Å². The summed E-state index contributed by atoms with van der Waals surface area (Å²) in [6.07, 6.45) is 2.89. The molecule has 130 valence electrons. The van der Waals surface area contributed by atoms with Crippen LogP contribution in [0.2, 0.25) is 0 Å². The maximum absolute atomic E-state index is 12.7. The normalized spacial score (nSPS) is 15.6. The Morgan fingerprint density at radius 1 is 1.23 bits per heavy atom. The molecule has 0 aliphatic carbocycles. The second-order valence-corrected chi connectivity index (χ2v) is 5.88. The van der Waals surface area contributed by atoms with Crippen LogP contribution in [0.15, 0.2) is 60.9 Å². The standard InChI is InChI=1S/C19H16N4O3/c1-12-18(24)22-15-11-13(7-8-17(15)26-12)21-19(25)14-5-2-3-6-16(14)23-10-4-9-20-23/h2-12H,1H3,(H,21,25)(H,22,24)/t12-/m1/s1. The van der Waals surface area contributed by atoms with E-state index in [1.54, 1.807) is 60.4 Å². The number of nitrogens with zero attached hydrogens (tertiary/aromatic N) is 2. The molecule has 7 nitrogen and oxygen atoms in total. The van der Waals surface area contributed by atoms with Crippen molar-refractivity contribution >= 4 is 23.2 Å². The third-order valence-corrected chi connectivity index (χ3v) is 4.07. The van der Waals surface area contributed by atoms with Crippen molar-refractivity contribution in [3.8, 4) is 11.4 Å². The minimum atomic E-state index is -0.538. The van der Waals surface area contributed by atoms with E-state index in [1.165, 1.54) is 0 Å². The Bertz CT molecular complexity index is 982. The van der Waals surface area contributed by atoms with Gasteiger partial charge in [-0.25, -0.2) is 4.68 Å². The van der Waals surface area contributed by atoms with Crippen molar-refractivity contribution in [3.05, 3.63) is 66.5 Å². The van der Waals surface area contributed by atoms with Gasteiger partial charge in [0.2, 0.25) is 0 Å². The molecule has 0 spiro atoms. The molecule has 2 N–H and O–H groups in total. The van der Waals surface area contributed by atoms with Crippen LogP contribution in [0.1, 0.15) is 17.3 Å². The molecule has 3 aromatic rings. The first-order valence-electron chi connectivity index (χ1n) is 8.14. The topological polar surface area (TPSA) is 85.2 Å². The molecule has 1 aliphatic heterocycles. The van der Waals surface area contributed by atoms with Gasteiger partial charge < -0.3 is 15.4 Å². The van der Waals surface area contributed by atoms with E-state index in [0.29, 0.717) is 28.4 Å². The molecule has 26 heavy (non-hydrogen) atoms. The van der Waals surface area contributed by atoms with Crippen molar-refractivity contribution < 1.29 is 14.3 Å². The zero-order chi connectivity index (χ0) is 18.1. The van der Waals surface area contributed by atoms with Crippen LogP contribution in [0.25, 0.3) is 5.69 Å². The van der Waals surface area contributed by atoms with Crippen molar-refractivity contribution in [2.45, 2.75) is 13.0 Å². The Labute approximate surface area is 149 Å². The van der Waals surface area contributed by atoms with Crippen LogP contribution in [-0.2, 0) is 4.79 Å². The first-order chi connectivity index (χ1) is 12.6. The number of hydrogen-bond donors (Lipinski definition) is 2.